The molecule has 2 aromatic carbocycles. The predicted octanol–water partition coefficient (Wildman–Crippen LogP) is 5.06. The number of ether oxygens (including phenoxy) is 1. The van der Waals surface area contributed by atoms with Crippen molar-refractivity contribution in [3.63, 3.8) is 0 Å². The van der Waals surface area contributed by atoms with Crippen molar-refractivity contribution >= 4 is 17.4 Å². The van der Waals surface area contributed by atoms with E-state index in [0.717, 1.165) is 60.8 Å². The number of nitrogens with one attached hydrogen (secondary N) is 2. The van der Waals surface area contributed by atoms with Gasteiger partial charge in [-0.2, -0.15) is 5.21 Å². The number of aryl methyl sites for hydroxylation is 1. The molecule has 2 N–H and O–H groups in total. The molecule has 0 aliphatic carbocycles. The van der Waals surface area contributed by atoms with Gasteiger partial charge in [-0.05, 0) is 42.5 Å². The molecule has 0 spiro atoms. The first-order valence-electron chi connectivity index (χ1n) is 13.5. The smallest absolute Gasteiger partial charge is 0.228 e. The average molecular weight is 526 g/mol. The highest BCUT2D eigenvalue weighted by Gasteiger charge is 2.25. The summed E-state index contributed by atoms with van der Waals surface area (Å²) in [6.07, 6.45) is 2.17. The molecular formula is C30H35N7O2. The number of H-pyrrole nitrogens is 1. The van der Waals surface area contributed by atoms with Crippen LogP contribution in [0.1, 0.15) is 37.8 Å². The Morgan fingerprint density at radius 1 is 1.08 bits per heavy atom. The van der Waals surface area contributed by atoms with Gasteiger partial charge in [0.05, 0.1) is 12.1 Å². The summed E-state index contributed by atoms with van der Waals surface area (Å²) in [6.45, 7) is 8.79. The van der Waals surface area contributed by atoms with Crippen molar-refractivity contribution in [2.75, 3.05) is 30.0 Å². The van der Waals surface area contributed by atoms with E-state index in [1.807, 2.05) is 67.6 Å². The summed E-state index contributed by atoms with van der Waals surface area (Å²) in [4.78, 5) is 20.7. The number of carbonyl (C=O) groups is 1. The predicted molar refractivity (Wildman–Crippen MR) is 152 cm³/mol. The van der Waals surface area contributed by atoms with Crippen LogP contribution in [0.3, 0.4) is 0 Å². The molecule has 0 bridgehead atoms. The van der Waals surface area contributed by atoms with Crippen LogP contribution in [-0.2, 0) is 16.0 Å². The Morgan fingerprint density at radius 3 is 2.51 bits per heavy atom. The van der Waals surface area contributed by atoms with Crippen molar-refractivity contribution < 1.29 is 9.53 Å². The van der Waals surface area contributed by atoms with Gasteiger partial charge in [0.2, 0.25) is 11.7 Å². The van der Waals surface area contributed by atoms with E-state index >= 15 is 0 Å². The lowest BCUT2D eigenvalue weighted by molar-refractivity contribution is -0.115. The number of carbonyl (C=O) groups excluding carboxylic acids is 1. The molecule has 0 atom stereocenters. The maximum absolute atomic E-state index is 13.1. The maximum Gasteiger partial charge on any atom is 0.228 e. The van der Waals surface area contributed by atoms with Crippen LogP contribution >= 0.6 is 0 Å². The lowest BCUT2D eigenvalue weighted by Crippen LogP contribution is -2.42. The molecular weight excluding hydrogens is 490 g/mol. The van der Waals surface area contributed by atoms with Gasteiger partial charge >= 0.3 is 0 Å². The summed E-state index contributed by atoms with van der Waals surface area (Å²) in [7, 11) is 0. The molecule has 0 radical (unpaired) electrons. The molecule has 202 valence electrons. The molecule has 1 amide bonds. The topological polar surface area (TPSA) is 109 Å². The first kappa shape index (κ1) is 26.5. The van der Waals surface area contributed by atoms with Gasteiger partial charge in [0.15, 0.2) is 0 Å². The van der Waals surface area contributed by atoms with Crippen molar-refractivity contribution in [3.8, 4) is 22.6 Å². The number of pyridine rings is 1. The van der Waals surface area contributed by atoms with Gasteiger partial charge in [-0.1, -0.05) is 67.9 Å². The molecule has 9 nitrogen and oxygen atoms in total. The highest BCUT2D eigenvalue weighted by molar-refractivity contribution is 5.93. The minimum atomic E-state index is -0.0742. The number of rotatable bonds is 9. The number of benzene rings is 2. The molecule has 39 heavy (non-hydrogen) atoms. The molecule has 3 heterocycles. The van der Waals surface area contributed by atoms with Gasteiger partial charge < -0.3 is 15.0 Å². The SMILES string of the molecule is Cc1ccc(CC(=O)Nc2cc(-c3ccccc3-c3nn[nH]n3)nc(N(CC(C)C)C3CCOCC3)c2)cc1. The Morgan fingerprint density at radius 2 is 1.82 bits per heavy atom. The third-order valence-corrected chi connectivity index (χ3v) is 6.86. The molecule has 0 unspecified atom stereocenters. The van der Waals surface area contributed by atoms with Gasteiger partial charge in [0.1, 0.15) is 5.82 Å². The average Bonchev–Trinajstić information content (AvgIpc) is 3.48. The third kappa shape index (κ3) is 6.67. The van der Waals surface area contributed by atoms with Crippen molar-refractivity contribution in [1.82, 2.24) is 25.6 Å². The lowest BCUT2D eigenvalue weighted by atomic mass is 10.0. The van der Waals surface area contributed by atoms with Crippen LogP contribution in [0, 0.1) is 12.8 Å². The Kier molecular flexibility index (Phi) is 8.27. The van der Waals surface area contributed by atoms with E-state index in [4.69, 9.17) is 9.72 Å². The third-order valence-electron chi connectivity index (χ3n) is 6.86. The van der Waals surface area contributed by atoms with Crippen LogP contribution in [0.15, 0.2) is 60.7 Å². The zero-order valence-corrected chi connectivity index (χ0v) is 22.7. The van der Waals surface area contributed by atoms with Crippen LogP contribution in [0.5, 0.6) is 0 Å². The number of hydrogen-bond donors (Lipinski definition) is 2. The van der Waals surface area contributed by atoms with Gasteiger partial charge in [0.25, 0.3) is 0 Å². The lowest BCUT2D eigenvalue weighted by Gasteiger charge is -2.36. The number of hydrogen-bond acceptors (Lipinski definition) is 7. The standard InChI is InChI=1S/C30H35N7O2/c1-20(2)19-37(24-12-14-39-15-13-24)28-18-23(31-29(38)16-22-10-8-21(3)9-11-22)17-27(32-28)25-6-4-5-7-26(25)30-33-35-36-34-30/h4-11,17-18,20,24H,12-16,19H2,1-3H3,(H,31,32,38)(H,33,34,35,36). The monoisotopic (exact) mass is 525 g/mol. The quantitative estimate of drug-likeness (QED) is 0.314. The van der Waals surface area contributed by atoms with Crippen molar-refractivity contribution in [1.29, 1.82) is 0 Å². The fourth-order valence-corrected chi connectivity index (χ4v) is 4.97. The van der Waals surface area contributed by atoms with Crippen LogP contribution < -0.4 is 10.2 Å². The first-order chi connectivity index (χ1) is 19.0. The fourth-order valence-electron chi connectivity index (χ4n) is 4.97. The number of aromatic nitrogens is 5. The molecule has 0 saturated carbocycles. The van der Waals surface area contributed by atoms with Gasteiger partial charge in [-0.15, -0.1) is 10.2 Å². The Hall–Kier alpha value is -4.11. The molecule has 9 heteroatoms. The zero-order chi connectivity index (χ0) is 27.2. The van der Waals surface area contributed by atoms with Gasteiger partial charge in [-0.25, -0.2) is 4.98 Å². The molecule has 1 fully saturated rings. The second kappa shape index (κ2) is 12.2. The van der Waals surface area contributed by atoms with E-state index in [0.29, 0.717) is 29.9 Å². The van der Waals surface area contributed by atoms with E-state index < -0.39 is 0 Å². The van der Waals surface area contributed by atoms with E-state index in [2.05, 4.69) is 44.7 Å². The van der Waals surface area contributed by atoms with Crippen LogP contribution in [0.25, 0.3) is 22.6 Å². The first-order valence-corrected chi connectivity index (χ1v) is 13.5. The van der Waals surface area contributed by atoms with Crippen molar-refractivity contribution in [3.05, 3.63) is 71.8 Å². The second-order valence-electron chi connectivity index (χ2n) is 10.5. The van der Waals surface area contributed by atoms with Crippen LogP contribution in [0.4, 0.5) is 11.5 Å². The summed E-state index contributed by atoms with van der Waals surface area (Å²) in [5.74, 6) is 1.69. The normalized spacial score (nSPS) is 13.9. The van der Waals surface area contributed by atoms with Gasteiger partial charge in [-0.3, -0.25) is 4.79 Å². The minimum absolute atomic E-state index is 0.0742. The number of amides is 1. The molecule has 2 aromatic heterocycles. The van der Waals surface area contributed by atoms with Crippen LogP contribution in [-0.4, -0.2) is 57.3 Å². The zero-order valence-electron chi connectivity index (χ0n) is 22.7. The summed E-state index contributed by atoms with van der Waals surface area (Å²) < 4.78 is 5.65. The molecule has 1 aliphatic rings. The summed E-state index contributed by atoms with van der Waals surface area (Å²) >= 11 is 0. The fraction of sp³-hybridized carbons (Fsp3) is 0.367. The molecule has 4 aromatic rings. The van der Waals surface area contributed by atoms with E-state index in [-0.39, 0.29) is 5.91 Å². The Labute approximate surface area is 229 Å². The van der Waals surface area contributed by atoms with Crippen molar-refractivity contribution in [2.45, 2.75) is 46.1 Å². The van der Waals surface area contributed by atoms with Crippen molar-refractivity contribution in [2.24, 2.45) is 5.92 Å². The van der Waals surface area contributed by atoms with E-state index in [1.54, 1.807) is 0 Å². The number of anilines is 2. The minimum Gasteiger partial charge on any atom is -0.381 e. The van der Waals surface area contributed by atoms with E-state index in [9.17, 15) is 4.79 Å². The number of nitrogens with zero attached hydrogens (tertiary/aromatic N) is 5. The Bertz CT molecular complexity index is 1380. The number of aromatic amines is 1. The van der Waals surface area contributed by atoms with Crippen LogP contribution in [0.2, 0.25) is 0 Å². The summed E-state index contributed by atoms with van der Waals surface area (Å²) in [5, 5.41) is 17.8. The summed E-state index contributed by atoms with van der Waals surface area (Å²) in [6, 6.07) is 20.1. The second-order valence-corrected chi connectivity index (χ2v) is 10.5. The molecule has 1 aliphatic heterocycles. The van der Waals surface area contributed by atoms with E-state index in [1.165, 1.54) is 5.56 Å². The maximum atomic E-state index is 13.1. The molecule has 1 saturated heterocycles. The Balaban J connectivity index is 1.54. The van der Waals surface area contributed by atoms with Gasteiger partial charge in [0, 0.05) is 48.7 Å². The number of tetrazole rings is 1. The largest absolute Gasteiger partial charge is 0.381 e. The highest BCUT2D eigenvalue weighted by Crippen LogP contribution is 2.33. The molecule has 5 rings (SSSR count). The summed E-state index contributed by atoms with van der Waals surface area (Å²) in [5.41, 5.74) is 5.26. The highest BCUT2D eigenvalue weighted by atomic mass is 16.5.